The molecule has 0 unspecified atom stereocenters. The lowest BCUT2D eigenvalue weighted by Gasteiger charge is -2.24. The fraction of sp³-hybridized carbons (Fsp3) is 0.371. The van der Waals surface area contributed by atoms with Crippen LogP contribution in [0.15, 0.2) is 84.9 Å². The van der Waals surface area contributed by atoms with E-state index in [2.05, 4.69) is 26.0 Å². The van der Waals surface area contributed by atoms with Crippen LogP contribution in [0.2, 0.25) is 0 Å². The van der Waals surface area contributed by atoms with Crippen molar-refractivity contribution in [2.75, 3.05) is 0 Å². The molecule has 11 nitrogen and oxygen atoms in total. The maximum atomic E-state index is 13.5. The molecule has 3 aromatic carbocycles. The molecule has 0 aliphatic rings. The molecule has 0 radical (unpaired) electrons. The minimum absolute atomic E-state index is 0.0784. The number of amides is 2. The van der Waals surface area contributed by atoms with Gasteiger partial charge in [-0.05, 0) is 53.2 Å². The number of carbonyl (C=O) groups excluding carboxylic acids is 3. The summed E-state index contributed by atoms with van der Waals surface area (Å²) >= 11 is 0. The summed E-state index contributed by atoms with van der Waals surface area (Å²) in [7, 11) is 0. The van der Waals surface area contributed by atoms with Gasteiger partial charge in [-0.3, -0.25) is 9.59 Å². The van der Waals surface area contributed by atoms with Crippen LogP contribution in [0.3, 0.4) is 0 Å². The van der Waals surface area contributed by atoms with E-state index < -0.39 is 24.1 Å². The molecule has 2 amide bonds. The van der Waals surface area contributed by atoms with Gasteiger partial charge < -0.3 is 20.1 Å². The molecule has 1 heterocycles. The van der Waals surface area contributed by atoms with Crippen molar-refractivity contribution < 1.29 is 23.9 Å². The zero-order chi connectivity index (χ0) is 32.9. The predicted molar refractivity (Wildman–Crippen MR) is 173 cm³/mol. The number of aromatic nitrogens is 4. The molecule has 0 fully saturated rings. The third-order valence-electron chi connectivity index (χ3n) is 7.03. The van der Waals surface area contributed by atoms with Gasteiger partial charge in [0.25, 0.3) is 0 Å². The van der Waals surface area contributed by atoms with Crippen LogP contribution in [0.5, 0.6) is 5.75 Å². The van der Waals surface area contributed by atoms with E-state index in [1.165, 1.54) is 4.80 Å². The Morgan fingerprint density at radius 2 is 1.39 bits per heavy atom. The predicted octanol–water partition coefficient (Wildman–Crippen LogP) is 5.36. The molecule has 0 aliphatic heterocycles. The van der Waals surface area contributed by atoms with Crippen molar-refractivity contribution in [3.05, 3.63) is 96.1 Å². The van der Waals surface area contributed by atoms with E-state index in [-0.39, 0.29) is 30.8 Å². The second kappa shape index (κ2) is 16.9. The minimum Gasteiger partial charge on any atom is -0.489 e. The summed E-state index contributed by atoms with van der Waals surface area (Å²) in [5.74, 6) is 0.480. The lowest BCUT2D eigenvalue weighted by atomic mass is 9.98. The monoisotopic (exact) mass is 626 g/mol. The standard InChI is InChI=1S/C35H42N6O5/c1-24(2)18-30(36-34(43)31(19-25(3)4)37-35(44)46-23-27-14-9-6-10-15-27)32(42)21-41-39-33(38-40-41)28-16-11-17-29(20-28)45-22-26-12-7-5-8-13-26/h5-17,20,24-25,30-31H,18-19,21-23H2,1-4H3,(H,36,43)(H,37,44)/t30-,31-/m0/s1. The highest BCUT2D eigenvalue weighted by Gasteiger charge is 2.29. The van der Waals surface area contributed by atoms with E-state index >= 15 is 0 Å². The Hall–Kier alpha value is -5.06. The summed E-state index contributed by atoms with van der Waals surface area (Å²) in [6, 6.07) is 24.8. The number of benzene rings is 3. The summed E-state index contributed by atoms with van der Waals surface area (Å²) in [6.07, 6.45) is 0.0711. The number of Topliss-reactive ketones (excluding diaryl/α,β-unsaturated/α-hetero) is 1. The van der Waals surface area contributed by atoms with Crippen LogP contribution in [0.1, 0.15) is 51.7 Å². The van der Waals surface area contributed by atoms with Gasteiger partial charge in [-0.2, -0.15) is 4.80 Å². The van der Waals surface area contributed by atoms with Gasteiger partial charge in [-0.1, -0.05) is 100 Å². The fourth-order valence-electron chi connectivity index (χ4n) is 4.77. The Kier molecular flexibility index (Phi) is 12.4. The van der Waals surface area contributed by atoms with Crippen LogP contribution < -0.4 is 15.4 Å². The summed E-state index contributed by atoms with van der Waals surface area (Å²) in [5.41, 5.74) is 2.57. The number of rotatable bonds is 16. The van der Waals surface area contributed by atoms with Crippen LogP contribution in [-0.4, -0.2) is 50.1 Å². The molecule has 242 valence electrons. The molecule has 11 heteroatoms. The smallest absolute Gasteiger partial charge is 0.408 e. The molecular formula is C35H42N6O5. The molecule has 46 heavy (non-hydrogen) atoms. The van der Waals surface area contributed by atoms with E-state index in [1.807, 2.05) is 113 Å². The fourth-order valence-corrected chi connectivity index (χ4v) is 4.77. The van der Waals surface area contributed by atoms with Gasteiger partial charge in [0.1, 0.15) is 31.5 Å². The van der Waals surface area contributed by atoms with Crippen molar-refractivity contribution in [3.63, 3.8) is 0 Å². The highest BCUT2D eigenvalue weighted by atomic mass is 16.5. The van der Waals surface area contributed by atoms with Crippen LogP contribution in [0, 0.1) is 11.8 Å². The molecule has 2 N–H and O–H groups in total. The highest BCUT2D eigenvalue weighted by Crippen LogP contribution is 2.21. The van der Waals surface area contributed by atoms with Crippen LogP contribution in [0.4, 0.5) is 4.79 Å². The van der Waals surface area contributed by atoms with E-state index in [9.17, 15) is 14.4 Å². The largest absolute Gasteiger partial charge is 0.489 e. The molecule has 4 aromatic rings. The number of hydrogen-bond acceptors (Lipinski definition) is 8. The second-order valence-corrected chi connectivity index (χ2v) is 12.0. The topological polar surface area (TPSA) is 137 Å². The van der Waals surface area contributed by atoms with E-state index in [0.29, 0.717) is 36.6 Å². The van der Waals surface area contributed by atoms with Gasteiger partial charge in [-0.15, -0.1) is 10.2 Å². The Balaban J connectivity index is 1.37. The minimum atomic E-state index is -0.877. The number of tetrazole rings is 1. The molecular weight excluding hydrogens is 584 g/mol. The quantitative estimate of drug-likeness (QED) is 0.170. The number of alkyl carbamates (subject to hydrolysis) is 1. The van der Waals surface area contributed by atoms with Crippen molar-refractivity contribution in [2.45, 2.75) is 72.4 Å². The maximum Gasteiger partial charge on any atom is 0.408 e. The Morgan fingerprint density at radius 3 is 2.04 bits per heavy atom. The maximum absolute atomic E-state index is 13.5. The molecule has 0 saturated carbocycles. The van der Waals surface area contributed by atoms with Gasteiger partial charge in [0.05, 0.1) is 6.04 Å². The average molecular weight is 627 g/mol. The number of ether oxygens (including phenoxy) is 2. The molecule has 1 aromatic heterocycles. The average Bonchev–Trinajstić information content (AvgIpc) is 3.51. The van der Waals surface area contributed by atoms with Gasteiger partial charge in [0, 0.05) is 5.56 Å². The Morgan fingerprint density at radius 1 is 0.761 bits per heavy atom. The molecule has 2 atom stereocenters. The molecule has 0 bridgehead atoms. The van der Waals surface area contributed by atoms with Crippen LogP contribution in [0.25, 0.3) is 11.4 Å². The Bertz CT molecular complexity index is 1560. The van der Waals surface area contributed by atoms with Crippen LogP contribution >= 0.6 is 0 Å². The first kappa shape index (κ1) is 33.8. The van der Waals surface area contributed by atoms with Crippen molar-refractivity contribution >= 4 is 17.8 Å². The van der Waals surface area contributed by atoms with Crippen molar-refractivity contribution in [3.8, 4) is 17.1 Å². The Labute approximate surface area is 269 Å². The second-order valence-electron chi connectivity index (χ2n) is 12.0. The first-order valence-corrected chi connectivity index (χ1v) is 15.5. The number of ketones is 1. The summed E-state index contributed by atoms with van der Waals surface area (Å²) in [4.78, 5) is 40.7. The number of carbonyl (C=O) groups is 3. The number of nitrogens with zero attached hydrogens (tertiary/aromatic N) is 4. The van der Waals surface area contributed by atoms with Crippen LogP contribution in [-0.2, 0) is 34.1 Å². The molecule has 0 saturated heterocycles. The van der Waals surface area contributed by atoms with Crippen molar-refractivity contribution in [1.29, 1.82) is 0 Å². The summed E-state index contributed by atoms with van der Waals surface area (Å²) in [6.45, 7) is 8.15. The lowest BCUT2D eigenvalue weighted by molar-refractivity contribution is -0.130. The van der Waals surface area contributed by atoms with Gasteiger partial charge >= 0.3 is 6.09 Å². The van der Waals surface area contributed by atoms with E-state index in [0.717, 1.165) is 11.1 Å². The molecule has 0 aliphatic carbocycles. The van der Waals surface area contributed by atoms with Gasteiger partial charge in [0.2, 0.25) is 11.7 Å². The lowest BCUT2D eigenvalue weighted by Crippen LogP contribution is -2.52. The zero-order valence-electron chi connectivity index (χ0n) is 26.8. The number of nitrogens with one attached hydrogen (secondary N) is 2. The number of hydrogen-bond donors (Lipinski definition) is 2. The third-order valence-corrected chi connectivity index (χ3v) is 7.03. The van der Waals surface area contributed by atoms with Crippen molar-refractivity contribution in [2.24, 2.45) is 11.8 Å². The van der Waals surface area contributed by atoms with Gasteiger partial charge in [0.15, 0.2) is 5.78 Å². The first-order chi connectivity index (χ1) is 22.2. The molecule has 0 spiro atoms. The zero-order valence-corrected chi connectivity index (χ0v) is 26.8. The SMILES string of the molecule is CC(C)C[C@H](NC(=O)[C@H](CC(C)C)NC(=O)OCc1ccccc1)C(=O)Cn1nnc(-c2cccc(OCc3ccccc3)c2)n1. The third kappa shape index (κ3) is 10.8. The summed E-state index contributed by atoms with van der Waals surface area (Å²) in [5, 5.41) is 18.2. The van der Waals surface area contributed by atoms with Gasteiger partial charge in [-0.25, -0.2) is 4.79 Å². The van der Waals surface area contributed by atoms with E-state index in [1.54, 1.807) is 0 Å². The normalized spacial score (nSPS) is 12.4. The first-order valence-electron chi connectivity index (χ1n) is 15.5. The van der Waals surface area contributed by atoms with E-state index in [4.69, 9.17) is 9.47 Å². The summed E-state index contributed by atoms with van der Waals surface area (Å²) < 4.78 is 11.3. The molecule has 4 rings (SSSR count). The van der Waals surface area contributed by atoms with Crippen molar-refractivity contribution in [1.82, 2.24) is 30.8 Å². The highest BCUT2D eigenvalue weighted by molar-refractivity contribution is 5.92.